The molecule has 1 fully saturated rings. The van der Waals surface area contributed by atoms with Gasteiger partial charge in [0.25, 0.3) is 11.8 Å². The zero-order chi connectivity index (χ0) is 22.8. The SMILES string of the molecule is CNC(=O)c1cccc(NC(=O)CN2C(=O)N[C@@](C)(c3ccc(C(C)C)cc3)C2=O)c1. The van der Waals surface area contributed by atoms with Crippen molar-refractivity contribution >= 4 is 29.4 Å². The molecule has 162 valence electrons. The van der Waals surface area contributed by atoms with E-state index in [2.05, 4.69) is 29.8 Å². The van der Waals surface area contributed by atoms with Crippen molar-refractivity contribution in [3.63, 3.8) is 0 Å². The van der Waals surface area contributed by atoms with Gasteiger partial charge in [0, 0.05) is 18.3 Å². The maximum absolute atomic E-state index is 13.0. The lowest BCUT2D eigenvalue weighted by Crippen LogP contribution is -2.42. The van der Waals surface area contributed by atoms with Crippen LogP contribution in [-0.2, 0) is 15.1 Å². The fourth-order valence-corrected chi connectivity index (χ4v) is 3.46. The van der Waals surface area contributed by atoms with Crippen molar-refractivity contribution in [3.05, 3.63) is 65.2 Å². The van der Waals surface area contributed by atoms with Crippen LogP contribution in [-0.4, -0.2) is 42.2 Å². The molecule has 2 aromatic rings. The maximum Gasteiger partial charge on any atom is 0.325 e. The first kappa shape index (κ1) is 22.0. The van der Waals surface area contributed by atoms with Crippen LogP contribution in [0.15, 0.2) is 48.5 Å². The molecule has 0 aliphatic carbocycles. The van der Waals surface area contributed by atoms with Crippen LogP contribution in [0.5, 0.6) is 0 Å². The van der Waals surface area contributed by atoms with E-state index in [0.29, 0.717) is 22.7 Å². The zero-order valence-corrected chi connectivity index (χ0v) is 18.0. The molecule has 3 rings (SSSR count). The second kappa shape index (κ2) is 8.59. The maximum atomic E-state index is 13.0. The zero-order valence-electron chi connectivity index (χ0n) is 18.0. The van der Waals surface area contributed by atoms with E-state index in [9.17, 15) is 19.2 Å². The van der Waals surface area contributed by atoms with Gasteiger partial charge in [-0.3, -0.25) is 19.3 Å². The van der Waals surface area contributed by atoms with E-state index < -0.39 is 29.9 Å². The quantitative estimate of drug-likeness (QED) is 0.622. The summed E-state index contributed by atoms with van der Waals surface area (Å²) in [6.45, 7) is 5.34. The Hall–Kier alpha value is -3.68. The van der Waals surface area contributed by atoms with E-state index >= 15 is 0 Å². The summed E-state index contributed by atoms with van der Waals surface area (Å²) in [5.74, 6) is -0.983. The van der Waals surface area contributed by atoms with Crippen LogP contribution in [0.4, 0.5) is 10.5 Å². The van der Waals surface area contributed by atoms with Crippen LogP contribution in [0.25, 0.3) is 0 Å². The van der Waals surface area contributed by atoms with Crippen molar-refractivity contribution in [2.24, 2.45) is 0 Å². The number of amides is 5. The molecule has 0 bridgehead atoms. The summed E-state index contributed by atoms with van der Waals surface area (Å²) in [6, 6.07) is 13.3. The number of hydrogen-bond acceptors (Lipinski definition) is 4. The summed E-state index contributed by atoms with van der Waals surface area (Å²) in [7, 11) is 1.51. The van der Waals surface area contributed by atoms with Crippen LogP contribution in [0, 0.1) is 0 Å². The largest absolute Gasteiger partial charge is 0.355 e. The minimum absolute atomic E-state index is 0.288. The van der Waals surface area contributed by atoms with Crippen molar-refractivity contribution in [2.45, 2.75) is 32.2 Å². The van der Waals surface area contributed by atoms with Gasteiger partial charge in [0.05, 0.1) is 0 Å². The topological polar surface area (TPSA) is 108 Å². The third kappa shape index (κ3) is 4.42. The lowest BCUT2D eigenvalue weighted by atomic mass is 9.90. The van der Waals surface area contributed by atoms with Gasteiger partial charge in [-0.05, 0) is 42.2 Å². The minimum Gasteiger partial charge on any atom is -0.355 e. The molecule has 1 atom stereocenters. The Morgan fingerprint density at radius 3 is 2.39 bits per heavy atom. The Labute approximate surface area is 181 Å². The first-order chi connectivity index (χ1) is 14.7. The fraction of sp³-hybridized carbons (Fsp3) is 0.304. The fourth-order valence-electron chi connectivity index (χ4n) is 3.46. The van der Waals surface area contributed by atoms with Gasteiger partial charge < -0.3 is 16.0 Å². The molecule has 0 spiro atoms. The minimum atomic E-state index is -1.24. The second-order valence-electron chi connectivity index (χ2n) is 7.93. The van der Waals surface area contributed by atoms with Crippen molar-refractivity contribution in [1.82, 2.24) is 15.5 Å². The Kier molecular flexibility index (Phi) is 6.10. The van der Waals surface area contributed by atoms with E-state index in [1.807, 2.05) is 24.3 Å². The van der Waals surface area contributed by atoms with E-state index in [1.165, 1.54) is 13.1 Å². The van der Waals surface area contributed by atoms with E-state index in [-0.39, 0.29) is 5.91 Å². The van der Waals surface area contributed by atoms with Crippen molar-refractivity contribution < 1.29 is 19.2 Å². The molecule has 0 saturated carbocycles. The molecular formula is C23H26N4O4. The summed E-state index contributed by atoms with van der Waals surface area (Å²) >= 11 is 0. The van der Waals surface area contributed by atoms with Gasteiger partial charge >= 0.3 is 6.03 Å². The second-order valence-corrected chi connectivity index (χ2v) is 7.93. The van der Waals surface area contributed by atoms with Gasteiger partial charge in [-0.25, -0.2) is 4.79 Å². The van der Waals surface area contributed by atoms with Crippen LogP contribution in [0.3, 0.4) is 0 Å². The van der Waals surface area contributed by atoms with Crippen molar-refractivity contribution in [1.29, 1.82) is 0 Å². The number of nitrogens with zero attached hydrogens (tertiary/aromatic N) is 1. The summed E-state index contributed by atoms with van der Waals surface area (Å²) in [5.41, 5.74) is 1.31. The summed E-state index contributed by atoms with van der Waals surface area (Å²) in [6.07, 6.45) is 0. The molecule has 1 aliphatic heterocycles. The Balaban J connectivity index is 1.72. The predicted octanol–water partition coefficient (Wildman–Crippen LogP) is 2.58. The molecule has 0 unspecified atom stereocenters. The molecule has 3 N–H and O–H groups in total. The molecule has 2 aromatic carbocycles. The van der Waals surface area contributed by atoms with Gasteiger partial charge in [-0.2, -0.15) is 0 Å². The first-order valence-electron chi connectivity index (χ1n) is 10.0. The molecule has 0 aromatic heterocycles. The van der Waals surface area contributed by atoms with E-state index in [4.69, 9.17) is 0 Å². The third-order valence-corrected chi connectivity index (χ3v) is 5.37. The van der Waals surface area contributed by atoms with Crippen LogP contribution in [0.2, 0.25) is 0 Å². The van der Waals surface area contributed by atoms with Gasteiger partial charge in [0.15, 0.2) is 0 Å². The predicted molar refractivity (Wildman–Crippen MR) is 117 cm³/mol. The molecule has 5 amide bonds. The van der Waals surface area contributed by atoms with Gasteiger partial charge in [0.2, 0.25) is 5.91 Å². The smallest absolute Gasteiger partial charge is 0.325 e. The van der Waals surface area contributed by atoms with Crippen LogP contribution in [0.1, 0.15) is 48.2 Å². The van der Waals surface area contributed by atoms with Crippen LogP contribution >= 0.6 is 0 Å². The summed E-state index contributed by atoms with van der Waals surface area (Å²) in [4.78, 5) is 50.7. The van der Waals surface area contributed by atoms with Crippen molar-refractivity contribution in [2.75, 3.05) is 18.9 Å². The monoisotopic (exact) mass is 422 g/mol. The van der Waals surface area contributed by atoms with Gasteiger partial charge in [-0.15, -0.1) is 0 Å². The van der Waals surface area contributed by atoms with E-state index in [0.717, 1.165) is 10.5 Å². The number of hydrogen-bond donors (Lipinski definition) is 3. The van der Waals surface area contributed by atoms with Gasteiger partial charge in [-0.1, -0.05) is 44.2 Å². The highest BCUT2D eigenvalue weighted by atomic mass is 16.2. The van der Waals surface area contributed by atoms with E-state index in [1.54, 1.807) is 25.1 Å². The Morgan fingerprint density at radius 2 is 1.77 bits per heavy atom. The molecule has 0 radical (unpaired) electrons. The van der Waals surface area contributed by atoms with Crippen LogP contribution < -0.4 is 16.0 Å². The molecule has 8 nitrogen and oxygen atoms in total. The number of nitrogens with one attached hydrogen (secondary N) is 3. The number of benzene rings is 2. The van der Waals surface area contributed by atoms with Crippen molar-refractivity contribution in [3.8, 4) is 0 Å². The average molecular weight is 422 g/mol. The number of imide groups is 1. The number of urea groups is 1. The number of rotatable bonds is 6. The summed E-state index contributed by atoms with van der Waals surface area (Å²) in [5, 5.41) is 7.83. The Morgan fingerprint density at radius 1 is 1.10 bits per heavy atom. The molecule has 1 saturated heterocycles. The molecular weight excluding hydrogens is 396 g/mol. The molecule has 1 heterocycles. The highest BCUT2D eigenvalue weighted by Crippen LogP contribution is 2.30. The summed E-state index contributed by atoms with van der Waals surface area (Å²) < 4.78 is 0. The lowest BCUT2D eigenvalue weighted by Gasteiger charge is -2.22. The average Bonchev–Trinajstić information content (AvgIpc) is 2.97. The number of carbonyl (C=O) groups is 4. The number of anilines is 1. The highest BCUT2D eigenvalue weighted by Gasteiger charge is 2.49. The molecule has 31 heavy (non-hydrogen) atoms. The standard InChI is InChI=1S/C23H26N4O4/c1-14(2)15-8-10-17(11-9-15)23(3)21(30)27(22(31)26-23)13-19(28)25-18-7-5-6-16(12-18)20(29)24-4/h5-12,14H,13H2,1-4H3,(H,24,29)(H,25,28)(H,26,31)/t23-/m0/s1. The lowest BCUT2D eigenvalue weighted by molar-refractivity contribution is -0.133. The number of carbonyl (C=O) groups excluding carboxylic acids is 4. The normalized spacial score (nSPS) is 18.2. The Bertz CT molecular complexity index is 1030. The molecule has 1 aliphatic rings. The van der Waals surface area contributed by atoms with Gasteiger partial charge in [0.1, 0.15) is 12.1 Å². The third-order valence-electron chi connectivity index (χ3n) is 5.37. The first-order valence-corrected chi connectivity index (χ1v) is 10.0. The molecule has 8 heteroatoms. The highest BCUT2D eigenvalue weighted by molar-refractivity contribution is 6.10.